The molecule has 0 saturated heterocycles. The second-order valence-corrected chi connectivity index (χ2v) is 3.72. The summed E-state index contributed by atoms with van der Waals surface area (Å²) in [7, 11) is 0. The lowest BCUT2D eigenvalue weighted by Crippen LogP contribution is -1.92. The van der Waals surface area contributed by atoms with Gasteiger partial charge in [-0.05, 0) is 25.5 Å². The lowest BCUT2D eigenvalue weighted by Gasteiger charge is -2.05. The van der Waals surface area contributed by atoms with Crippen molar-refractivity contribution in [1.29, 1.82) is 0 Å². The molecule has 0 aliphatic carbocycles. The molecule has 0 aliphatic rings. The average molecular weight is 189 g/mol. The Hall–Kier alpha value is -1.28. The Morgan fingerprint density at radius 1 is 1.43 bits per heavy atom. The zero-order valence-electron chi connectivity index (χ0n) is 8.54. The van der Waals surface area contributed by atoms with E-state index in [1.807, 2.05) is 13.1 Å². The fourth-order valence-electron chi connectivity index (χ4n) is 1.75. The lowest BCUT2D eigenvalue weighted by atomic mass is 10.0. The largest absolute Gasteiger partial charge is 0.388 e. The molecule has 2 nitrogen and oxygen atoms in total. The summed E-state index contributed by atoms with van der Waals surface area (Å²) in [6.45, 7) is 4.05. The number of hydrogen-bond donors (Lipinski definition) is 2. The van der Waals surface area contributed by atoms with Gasteiger partial charge in [0, 0.05) is 22.7 Å². The first-order valence-corrected chi connectivity index (χ1v) is 4.98. The highest BCUT2D eigenvalue weighted by Crippen LogP contribution is 2.26. The van der Waals surface area contributed by atoms with E-state index in [1.165, 1.54) is 5.56 Å². The van der Waals surface area contributed by atoms with Crippen molar-refractivity contribution in [1.82, 2.24) is 4.98 Å². The molecule has 0 radical (unpaired) electrons. The van der Waals surface area contributed by atoms with Gasteiger partial charge >= 0.3 is 0 Å². The Kier molecular flexibility index (Phi) is 2.30. The van der Waals surface area contributed by atoms with Gasteiger partial charge in [0.2, 0.25) is 0 Å². The van der Waals surface area contributed by atoms with Gasteiger partial charge in [0.15, 0.2) is 0 Å². The van der Waals surface area contributed by atoms with Crippen LogP contribution < -0.4 is 0 Å². The standard InChI is InChI=1S/C12H15NO/c1-3-12(14)10-7-13-11-5-4-8(2)6-9(10)11/h4-7,12-14H,3H2,1-2H3/t12-/m1/s1. The molecule has 1 atom stereocenters. The van der Waals surface area contributed by atoms with E-state index in [1.54, 1.807) is 0 Å². The second-order valence-electron chi connectivity index (χ2n) is 3.72. The summed E-state index contributed by atoms with van der Waals surface area (Å²) in [5.74, 6) is 0. The number of H-pyrrole nitrogens is 1. The lowest BCUT2D eigenvalue weighted by molar-refractivity contribution is 0.175. The smallest absolute Gasteiger partial charge is 0.0808 e. The number of nitrogens with one attached hydrogen (secondary N) is 1. The van der Waals surface area contributed by atoms with Crippen LogP contribution in [0.4, 0.5) is 0 Å². The minimum Gasteiger partial charge on any atom is -0.388 e. The first-order valence-electron chi connectivity index (χ1n) is 4.98. The Morgan fingerprint density at radius 3 is 2.93 bits per heavy atom. The molecule has 2 heteroatoms. The van der Waals surface area contributed by atoms with E-state index in [0.29, 0.717) is 0 Å². The highest BCUT2D eigenvalue weighted by atomic mass is 16.3. The van der Waals surface area contributed by atoms with Gasteiger partial charge in [-0.25, -0.2) is 0 Å². The molecule has 14 heavy (non-hydrogen) atoms. The average Bonchev–Trinajstić information content (AvgIpc) is 2.59. The van der Waals surface area contributed by atoms with Crippen LogP contribution in [0.1, 0.15) is 30.6 Å². The first-order chi connectivity index (χ1) is 6.72. The quantitative estimate of drug-likeness (QED) is 0.748. The number of aliphatic hydroxyl groups excluding tert-OH is 1. The fourth-order valence-corrected chi connectivity index (χ4v) is 1.75. The molecule has 2 aromatic rings. The van der Waals surface area contributed by atoms with Crippen molar-refractivity contribution < 1.29 is 5.11 Å². The molecule has 74 valence electrons. The molecular weight excluding hydrogens is 174 g/mol. The molecule has 1 aromatic heterocycles. The van der Waals surface area contributed by atoms with Crippen molar-refractivity contribution in [3.05, 3.63) is 35.5 Å². The van der Waals surface area contributed by atoms with E-state index in [2.05, 4.69) is 30.1 Å². The third kappa shape index (κ3) is 1.42. The molecule has 0 amide bonds. The number of aliphatic hydroxyl groups is 1. The topological polar surface area (TPSA) is 36.0 Å². The number of aryl methyl sites for hydroxylation is 1. The van der Waals surface area contributed by atoms with E-state index in [-0.39, 0.29) is 6.10 Å². The summed E-state index contributed by atoms with van der Waals surface area (Å²) in [5, 5.41) is 10.9. The molecule has 0 aliphatic heterocycles. The van der Waals surface area contributed by atoms with Gasteiger partial charge in [-0.2, -0.15) is 0 Å². The molecular formula is C12H15NO. The maximum Gasteiger partial charge on any atom is 0.0808 e. The summed E-state index contributed by atoms with van der Waals surface area (Å²) >= 11 is 0. The number of hydrogen-bond acceptors (Lipinski definition) is 1. The molecule has 0 bridgehead atoms. The summed E-state index contributed by atoms with van der Waals surface area (Å²) in [5.41, 5.74) is 3.32. The van der Waals surface area contributed by atoms with Crippen LogP contribution in [0.3, 0.4) is 0 Å². The van der Waals surface area contributed by atoms with Crippen LogP contribution in [0.5, 0.6) is 0 Å². The van der Waals surface area contributed by atoms with E-state index in [0.717, 1.165) is 22.9 Å². The number of rotatable bonds is 2. The fraction of sp³-hybridized carbons (Fsp3) is 0.333. The molecule has 0 spiro atoms. The maximum absolute atomic E-state index is 9.79. The summed E-state index contributed by atoms with van der Waals surface area (Å²) < 4.78 is 0. The Balaban J connectivity index is 2.61. The number of aromatic amines is 1. The summed E-state index contributed by atoms with van der Waals surface area (Å²) in [4.78, 5) is 3.17. The zero-order chi connectivity index (χ0) is 10.1. The van der Waals surface area contributed by atoms with Crippen LogP contribution >= 0.6 is 0 Å². The molecule has 2 N–H and O–H groups in total. The first kappa shape index (κ1) is 9.28. The normalized spacial score (nSPS) is 13.4. The van der Waals surface area contributed by atoms with Crippen molar-refractivity contribution in [3.8, 4) is 0 Å². The van der Waals surface area contributed by atoms with Crippen LogP contribution in [-0.2, 0) is 0 Å². The monoisotopic (exact) mass is 189 g/mol. The molecule has 0 unspecified atom stereocenters. The van der Waals surface area contributed by atoms with Gasteiger partial charge in [-0.15, -0.1) is 0 Å². The number of benzene rings is 1. The maximum atomic E-state index is 9.79. The molecule has 0 fully saturated rings. The van der Waals surface area contributed by atoms with E-state index in [4.69, 9.17) is 0 Å². The van der Waals surface area contributed by atoms with Crippen LogP contribution in [0.2, 0.25) is 0 Å². The van der Waals surface area contributed by atoms with Crippen LogP contribution in [-0.4, -0.2) is 10.1 Å². The van der Waals surface area contributed by atoms with E-state index >= 15 is 0 Å². The van der Waals surface area contributed by atoms with Crippen molar-refractivity contribution >= 4 is 10.9 Å². The van der Waals surface area contributed by atoms with Crippen LogP contribution in [0.15, 0.2) is 24.4 Å². The Morgan fingerprint density at radius 2 is 2.21 bits per heavy atom. The summed E-state index contributed by atoms with van der Waals surface area (Å²) in [6.07, 6.45) is 2.30. The van der Waals surface area contributed by atoms with Crippen LogP contribution in [0, 0.1) is 6.92 Å². The van der Waals surface area contributed by atoms with Crippen molar-refractivity contribution in [3.63, 3.8) is 0 Å². The van der Waals surface area contributed by atoms with E-state index < -0.39 is 0 Å². The Bertz CT molecular complexity index is 445. The predicted octanol–water partition coefficient (Wildman–Crippen LogP) is 2.92. The Labute approximate surface area is 83.6 Å². The van der Waals surface area contributed by atoms with Gasteiger partial charge < -0.3 is 10.1 Å². The highest BCUT2D eigenvalue weighted by molar-refractivity contribution is 5.84. The molecule has 1 heterocycles. The second kappa shape index (κ2) is 3.46. The highest BCUT2D eigenvalue weighted by Gasteiger charge is 2.10. The molecule has 2 rings (SSSR count). The minimum atomic E-state index is -0.356. The van der Waals surface area contributed by atoms with Crippen molar-refractivity contribution in [2.24, 2.45) is 0 Å². The van der Waals surface area contributed by atoms with Gasteiger partial charge in [-0.1, -0.05) is 18.6 Å². The van der Waals surface area contributed by atoms with Gasteiger partial charge in [0.25, 0.3) is 0 Å². The number of fused-ring (bicyclic) bond motifs is 1. The van der Waals surface area contributed by atoms with Gasteiger partial charge in [0.05, 0.1) is 6.10 Å². The van der Waals surface area contributed by atoms with E-state index in [9.17, 15) is 5.11 Å². The molecule has 1 aromatic carbocycles. The number of aromatic nitrogens is 1. The SMILES string of the molecule is CC[C@@H](O)c1c[nH]c2ccc(C)cc12. The summed E-state index contributed by atoms with van der Waals surface area (Å²) in [6, 6.07) is 6.23. The zero-order valence-corrected chi connectivity index (χ0v) is 8.54. The third-order valence-corrected chi connectivity index (χ3v) is 2.61. The minimum absolute atomic E-state index is 0.356. The molecule has 0 saturated carbocycles. The van der Waals surface area contributed by atoms with Crippen molar-refractivity contribution in [2.75, 3.05) is 0 Å². The van der Waals surface area contributed by atoms with Crippen molar-refractivity contribution in [2.45, 2.75) is 26.4 Å². The predicted molar refractivity (Wildman–Crippen MR) is 58.3 cm³/mol. The van der Waals surface area contributed by atoms with Gasteiger partial charge in [-0.3, -0.25) is 0 Å². The van der Waals surface area contributed by atoms with Gasteiger partial charge in [0.1, 0.15) is 0 Å². The van der Waals surface area contributed by atoms with Crippen LogP contribution in [0.25, 0.3) is 10.9 Å². The third-order valence-electron chi connectivity index (χ3n) is 2.61.